The Bertz CT molecular complexity index is 984. The molecule has 1 atom stereocenters. The number of carbonyl (C=O) groups excluding carboxylic acids is 1. The average Bonchev–Trinajstić information content (AvgIpc) is 3.28. The Balaban J connectivity index is 1.54. The highest BCUT2D eigenvalue weighted by Gasteiger charge is 2.32. The van der Waals surface area contributed by atoms with Crippen LogP contribution in [0.2, 0.25) is 0 Å². The number of rotatable bonds is 7. The number of morpholine rings is 1. The lowest BCUT2D eigenvalue weighted by molar-refractivity contribution is -0.140. The predicted octanol–water partition coefficient (Wildman–Crippen LogP) is 2.86. The Hall–Kier alpha value is -3.10. The van der Waals surface area contributed by atoms with Crippen molar-refractivity contribution in [1.82, 2.24) is 24.9 Å². The third kappa shape index (κ3) is 4.98. The largest absolute Gasteiger partial charge is 0.379 e. The van der Waals surface area contributed by atoms with Gasteiger partial charge in [-0.2, -0.15) is 4.98 Å². The van der Waals surface area contributed by atoms with Crippen LogP contribution in [0, 0.1) is 6.92 Å². The first-order valence-electron chi connectivity index (χ1n) is 10.6. The van der Waals surface area contributed by atoms with E-state index in [1.54, 1.807) is 17.3 Å². The van der Waals surface area contributed by atoms with E-state index >= 15 is 0 Å². The number of nitrogens with zero attached hydrogens (tertiary/aromatic N) is 5. The van der Waals surface area contributed by atoms with Gasteiger partial charge in [0.25, 0.3) is 0 Å². The molecule has 8 heteroatoms. The number of pyridine rings is 1. The highest BCUT2D eigenvalue weighted by molar-refractivity contribution is 5.83. The molecule has 31 heavy (non-hydrogen) atoms. The summed E-state index contributed by atoms with van der Waals surface area (Å²) in [6.07, 6.45) is 3.47. The number of benzene rings is 1. The number of ether oxygens (including phenoxy) is 1. The summed E-state index contributed by atoms with van der Waals surface area (Å²) in [6, 6.07) is 11.3. The molecule has 0 bridgehead atoms. The molecule has 3 aromatic rings. The molecule has 4 rings (SSSR count). The Kier molecular flexibility index (Phi) is 6.69. The predicted molar refractivity (Wildman–Crippen MR) is 115 cm³/mol. The van der Waals surface area contributed by atoms with Gasteiger partial charge in [0.05, 0.1) is 13.2 Å². The summed E-state index contributed by atoms with van der Waals surface area (Å²) in [5.74, 6) is 0.931. The van der Waals surface area contributed by atoms with E-state index in [9.17, 15) is 4.79 Å². The maximum atomic E-state index is 13.6. The first-order chi connectivity index (χ1) is 15.2. The van der Waals surface area contributed by atoms with Crippen LogP contribution in [0.3, 0.4) is 0 Å². The molecule has 3 heterocycles. The Labute approximate surface area is 181 Å². The van der Waals surface area contributed by atoms with Gasteiger partial charge in [0, 0.05) is 37.6 Å². The van der Waals surface area contributed by atoms with Crippen LogP contribution in [0.1, 0.15) is 30.0 Å². The standard InChI is InChI=1S/C23H27N5O3/c1-3-27(16-20-25-22(26-31-20)18-8-6-17(2)7-9-18)23(29)21(19-5-4-10-24-15-19)28-11-13-30-14-12-28/h4-10,15,21H,3,11-14,16H2,1-2H3. The third-order valence-corrected chi connectivity index (χ3v) is 5.44. The van der Waals surface area contributed by atoms with E-state index in [0.29, 0.717) is 44.6 Å². The number of aryl methyl sites for hydroxylation is 1. The second-order valence-electron chi connectivity index (χ2n) is 7.57. The molecule has 0 saturated carbocycles. The lowest BCUT2D eigenvalue weighted by Gasteiger charge is -2.36. The average molecular weight is 422 g/mol. The van der Waals surface area contributed by atoms with Crippen molar-refractivity contribution in [3.63, 3.8) is 0 Å². The smallest absolute Gasteiger partial charge is 0.246 e. The van der Waals surface area contributed by atoms with Gasteiger partial charge in [0.15, 0.2) is 0 Å². The molecule has 162 valence electrons. The highest BCUT2D eigenvalue weighted by atomic mass is 16.5. The zero-order chi connectivity index (χ0) is 21.6. The van der Waals surface area contributed by atoms with Gasteiger partial charge in [0.2, 0.25) is 17.6 Å². The summed E-state index contributed by atoms with van der Waals surface area (Å²) in [5.41, 5.74) is 2.93. The molecular formula is C23H27N5O3. The second kappa shape index (κ2) is 9.80. The minimum Gasteiger partial charge on any atom is -0.379 e. The number of likely N-dealkylation sites (N-methyl/N-ethyl adjacent to an activating group) is 1. The van der Waals surface area contributed by atoms with Gasteiger partial charge in [-0.05, 0) is 25.5 Å². The van der Waals surface area contributed by atoms with Crippen molar-refractivity contribution in [2.24, 2.45) is 0 Å². The van der Waals surface area contributed by atoms with E-state index in [4.69, 9.17) is 9.26 Å². The number of hydrogen-bond donors (Lipinski definition) is 0. The van der Waals surface area contributed by atoms with Crippen LogP contribution >= 0.6 is 0 Å². The van der Waals surface area contributed by atoms with Crippen molar-refractivity contribution in [2.75, 3.05) is 32.8 Å². The summed E-state index contributed by atoms with van der Waals surface area (Å²) < 4.78 is 10.9. The second-order valence-corrected chi connectivity index (χ2v) is 7.57. The molecule has 0 N–H and O–H groups in total. The number of hydrogen-bond acceptors (Lipinski definition) is 7. The van der Waals surface area contributed by atoms with Gasteiger partial charge in [-0.15, -0.1) is 0 Å². The molecule has 1 aromatic carbocycles. The molecule has 8 nitrogen and oxygen atoms in total. The summed E-state index contributed by atoms with van der Waals surface area (Å²) in [6.45, 7) is 7.39. The third-order valence-electron chi connectivity index (χ3n) is 5.44. The van der Waals surface area contributed by atoms with Crippen LogP contribution < -0.4 is 0 Å². The van der Waals surface area contributed by atoms with E-state index < -0.39 is 6.04 Å². The van der Waals surface area contributed by atoms with Crippen LogP contribution in [-0.4, -0.2) is 63.7 Å². The Morgan fingerprint density at radius 1 is 1.19 bits per heavy atom. The quantitative estimate of drug-likeness (QED) is 0.580. The zero-order valence-electron chi connectivity index (χ0n) is 17.9. The van der Waals surface area contributed by atoms with Crippen molar-refractivity contribution in [3.05, 3.63) is 65.8 Å². The fourth-order valence-electron chi connectivity index (χ4n) is 3.70. The molecule has 2 aromatic heterocycles. The molecular weight excluding hydrogens is 394 g/mol. The molecule has 1 amide bonds. The van der Waals surface area contributed by atoms with Crippen LogP contribution in [-0.2, 0) is 16.1 Å². The van der Waals surface area contributed by atoms with Gasteiger partial charge < -0.3 is 14.2 Å². The lowest BCUT2D eigenvalue weighted by Crippen LogP contribution is -2.47. The monoisotopic (exact) mass is 421 g/mol. The van der Waals surface area contributed by atoms with Crippen molar-refractivity contribution in [3.8, 4) is 11.4 Å². The van der Waals surface area contributed by atoms with Crippen molar-refractivity contribution >= 4 is 5.91 Å². The first-order valence-corrected chi connectivity index (χ1v) is 10.6. The van der Waals surface area contributed by atoms with E-state index in [-0.39, 0.29) is 12.5 Å². The van der Waals surface area contributed by atoms with Crippen molar-refractivity contribution < 1.29 is 14.1 Å². The zero-order valence-corrected chi connectivity index (χ0v) is 17.9. The molecule has 0 aliphatic carbocycles. The fraction of sp³-hybridized carbons (Fsp3) is 0.391. The maximum absolute atomic E-state index is 13.6. The van der Waals surface area contributed by atoms with Crippen molar-refractivity contribution in [1.29, 1.82) is 0 Å². The molecule has 1 unspecified atom stereocenters. The van der Waals surface area contributed by atoms with Gasteiger partial charge in [-0.3, -0.25) is 14.7 Å². The topological polar surface area (TPSA) is 84.6 Å². The molecule has 0 spiro atoms. The summed E-state index contributed by atoms with van der Waals surface area (Å²) in [4.78, 5) is 26.3. The normalized spacial score (nSPS) is 15.5. The van der Waals surface area contributed by atoms with Crippen molar-refractivity contribution in [2.45, 2.75) is 26.4 Å². The SMILES string of the molecule is CCN(Cc1nc(-c2ccc(C)cc2)no1)C(=O)C(c1cccnc1)N1CCOCC1. The molecule has 1 fully saturated rings. The van der Waals surface area contributed by atoms with Gasteiger partial charge >= 0.3 is 0 Å². The minimum absolute atomic E-state index is 0.00696. The number of aromatic nitrogens is 3. The Morgan fingerprint density at radius 3 is 2.65 bits per heavy atom. The fourth-order valence-corrected chi connectivity index (χ4v) is 3.70. The van der Waals surface area contributed by atoms with Gasteiger partial charge in [-0.25, -0.2) is 0 Å². The number of carbonyl (C=O) groups is 1. The molecule has 1 aliphatic heterocycles. The lowest BCUT2D eigenvalue weighted by atomic mass is 10.1. The van der Waals surface area contributed by atoms with E-state index in [1.807, 2.05) is 50.2 Å². The van der Waals surface area contributed by atoms with Crippen LogP contribution in [0.5, 0.6) is 0 Å². The van der Waals surface area contributed by atoms with E-state index in [0.717, 1.165) is 11.1 Å². The van der Waals surface area contributed by atoms with Crippen LogP contribution in [0.4, 0.5) is 0 Å². The molecule has 1 saturated heterocycles. The van der Waals surface area contributed by atoms with Gasteiger partial charge in [0.1, 0.15) is 12.6 Å². The molecule has 0 radical (unpaired) electrons. The highest BCUT2D eigenvalue weighted by Crippen LogP contribution is 2.25. The minimum atomic E-state index is -0.419. The summed E-state index contributed by atoms with van der Waals surface area (Å²) in [7, 11) is 0. The van der Waals surface area contributed by atoms with E-state index in [2.05, 4.69) is 20.0 Å². The summed E-state index contributed by atoms with van der Waals surface area (Å²) >= 11 is 0. The van der Waals surface area contributed by atoms with E-state index in [1.165, 1.54) is 5.56 Å². The summed E-state index contributed by atoms with van der Waals surface area (Å²) in [5, 5.41) is 4.09. The maximum Gasteiger partial charge on any atom is 0.246 e. The molecule has 1 aliphatic rings. The van der Waals surface area contributed by atoms with Crippen LogP contribution in [0.15, 0.2) is 53.3 Å². The number of amides is 1. The van der Waals surface area contributed by atoms with Crippen LogP contribution in [0.25, 0.3) is 11.4 Å². The van der Waals surface area contributed by atoms with Gasteiger partial charge in [-0.1, -0.05) is 41.1 Å². The first kappa shape index (κ1) is 21.1. The Morgan fingerprint density at radius 2 is 1.97 bits per heavy atom.